The highest BCUT2D eigenvalue weighted by atomic mass is 35.5. The van der Waals surface area contributed by atoms with Crippen molar-refractivity contribution in [3.8, 4) is 11.8 Å². The molecule has 1 aliphatic heterocycles. The van der Waals surface area contributed by atoms with Crippen molar-refractivity contribution < 1.29 is 23.4 Å². The summed E-state index contributed by atoms with van der Waals surface area (Å²) in [5.74, 6) is -1.41. The van der Waals surface area contributed by atoms with Crippen molar-refractivity contribution in [3.63, 3.8) is 0 Å². The van der Waals surface area contributed by atoms with Crippen LogP contribution in [0.15, 0.2) is 48.7 Å². The number of benzene rings is 2. The van der Waals surface area contributed by atoms with Crippen LogP contribution in [0.2, 0.25) is 5.02 Å². The van der Waals surface area contributed by atoms with Crippen molar-refractivity contribution in [1.29, 1.82) is 5.26 Å². The first-order valence-electron chi connectivity index (χ1n) is 13.8. The van der Waals surface area contributed by atoms with E-state index in [4.69, 9.17) is 16.3 Å². The van der Waals surface area contributed by atoms with E-state index in [2.05, 4.69) is 20.9 Å². The lowest BCUT2D eigenvalue weighted by Gasteiger charge is -2.20. The van der Waals surface area contributed by atoms with Crippen molar-refractivity contribution in [2.24, 2.45) is 5.41 Å². The van der Waals surface area contributed by atoms with Crippen molar-refractivity contribution in [1.82, 2.24) is 19.4 Å². The molecule has 2 aromatic carbocycles. The van der Waals surface area contributed by atoms with Crippen LogP contribution in [0.25, 0.3) is 11.0 Å². The Bertz CT molecular complexity index is 1710. The number of aromatic nitrogens is 3. The molecule has 8 nitrogen and oxygen atoms in total. The van der Waals surface area contributed by atoms with Crippen LogP contribution >= 0.6 is 11.6 Å². The molecule has 1 N–H and O–H groups in total. The smallest absolute Gasteiger partial charge is 0.335 e. The molecule has 4 aromatic rings. The highest BCUT2D eigenvalue weighted by Crippen LogP contribution is 2.50. The quantitative estimate of drug-likeness (QED) is 0.230. The number of carbonyl (C=O) groups is 1. The SMILES string of the molecule is N#CCC1(Cn2c(CN3CC[C@@H](c4ccnc(COc5ccc(Cl)cc5F)c4)C3)nc3c(F)cc(C(=O)O)cc32)CC1. The summed E-state index contributed by atoms with van der Waals surface area (Å²) < 4.78 is 36.6. The van der Waals surface area contributed by atoms with E-state index in [1.807, 2.05) is 16.7 Å². The minimum atomic E-state index is -1.20. The molecule has 1 saturated heterocycles. The summed E-state index contributed by atoms with van der Waals surface area (Å²) >= 11 is 5.82. The second-order valence-electron chi connectivity index (χ2n) is 11.2. The second kappa shape index (κ2) is 11.3. The third kappa shape index (κ3) is 5.80. The number of carboxylic acids is 1. The molecule has 216 valence electrons. The van der Waals surface area contributed by atoms with Gasteiger partial charge in [-0.1, -0.05) is 11.6 Å². The Morgan fingerprint density at radius 2 is 2.02 bits per heavy atom. The molecule has 0 spiro atoms. The van der Waals surface area contributed by atoms with Gasteiger partial charge in [0.25, 0.3) is 0 Å². The Kier molecular flexibility index (Phi) is 7.56. The van der Waals surface area contributed by atoms with E-state index in [1.54, 1.807) is 12.3 Å². The van der Waals surface area contributed by atoms with Crippen LogP contribution in [0.1, 0.15) is 59.0 Å². The molecule has 0 bridgehead atoms. The number of pyridine rings is 1. The number of likely N-dealkylation sites (tertiary alicyclic amines) is 1. The number of fused-ring (bicyclic) bond motifs is 1. The van der Waals surface area contributed by atoms with Gasteiger partial charge in [0.2, 0.25) is 0 Å². The van der Waals surface area contributed by atoms with Gasteiger partial charge in [-0.05, 0) is 79.8 Å². The zero-order chi connectivity index (χ0) is 29.4. The molecule has 11 heteroatoms. The molecule has 3 heterocycles. The molecule has 0 amide bonds. The Morgan fingerprint density at radius 1 is 1.19 bits per heavy atom. The van der Waals surface area contributed by atoms with Gasteiger partial charge in [-0.25, -0.2) is 18.6 Å². The lowest BCUT2D eigenvalue weighted by atomic mass is 9.99. The van der Waals surface area contributed by atoms with Crippen molar-refractivity contribution in [2.45, 2.75) is 51.3 Å². The van der Waals surface area contributed by atoms with Gasteiger partial charge in [-0.3, -0.25) is 9.88 Å². The van der Waals surface area contributed by atoms with Gasteiger partial charge in [-0.2, -0.15) is 5.26 Å². The first kappa shape index (κ1) is 28.1. The lowest BCUT2D eigenvalue weighted by Crippen LogP contribution is -2.24. The van der Waals surface area contributed by atoms with Gasteiger partial charge < -0.3 is 14.4 Å². The maximum Gasteiger partial charge on any atom is 0.335 e. The Morgan fingerprint density at radius 3 is 2.76 bits per heavy atom. The van der Waals surface area contributed by atoms with Gasteiger partial charge in [0, 0.05) is 36.1 Å². The van der Waals surface area contributed by atoms with Crippen LogP contribution in [0.3, 0.4) is 0 Å². The summed E-state index contributed by atoms with van der Waals surface area (Å²) in [6, 6.07) is 12.9. The Hall–Kier alpha value is -4.07. The van der Waals surface area contributed by atoms with E-state index in [9.17, 15) is 23.9 Å². The lowest BCUT2D eigenvalue weighted by molar-refractivity contribution is 0.0696. The molecule has 0 radical (unpaired) electrons. The number of hydrogen-bond donors (Lipinski definition) is 1. The van der Waals surface area contributed by atoms with Crippen LogP contribution in [0.4, 0.5) is 8.78 Å². The zero-order valence-corrected chi connectivity index (χ0v) is 23.4. The standard InChI is InChI=1S/C31H28ClF2N5O3/c32-22-1-2-27(24(33)14-22)42-17-23-11-19(3-9-36-23)20-4-10-38(15-20)16-28-37-29-25(34)12-21(30(40)41)13-26(29)39(28)18-31(5-6-31)7-8-35/h1-3,9,11-14,20H,4-7,10,15-18H2,(H,40,41)/t20-/m1/s1. The number of imidazole rings is 1. The zero-order valence-electron chi connectivity index (χ0n) is 22.7. The maximum atomic E-state index is 15.0. The minimum absolute atomic E-state index is 0.108. The van der Waals surface area contributed by atoms with E-state index in [1.165, 1.54) is 18.2 Å². The number of nitriles is 1. The molecule has 2 fully saturated rings. The number of nitrogens with zero attached hydrogens (tertiary/aromatic N) is 5. The average Bonchev–Trinajstić information content (AvgIpc) is 3.40. The van der Waals surface area contributed by atoms with Crippen molar-refractivity contribution in [2.75, 3.05) is 13.1 Å². The summed E-state index contributed by atoms with van der Waals surface area (Å²) in [4.78, 5) is 22.9. The summed E-state index contributed by atoms with van der Waals surface area (Å²) in [6.07, 6.45) is 4.79. The van der Waals surface area contributed by atoms with E-state index in [-0.39, 0.29) is 34.8 Å². The van der Waals surface area contributed by atoms with E-state index < -0.39 is 17.6 Å². The van der Waals surface area contributed by atoms with Gasteiger partial charge >= 0.3 is 5.97 Å². The Balaban J connectivity index is 1.19. The summed E-state index contributed by atoms with van der Waals surface area (Å²) in [5.41, 5.74) is 2.05. The van der Waals surface area contributed by atoms with E-state index in [0.29, 0.717) is 41.6 Å². The third-order valence-corrected chi connectivity index (χ3v) is 8.49. The monoisotopic (exact) mass is 591 g/mol. The van der Waals surface area contributed by atoms with Gasteiger partial charge in [0.1, 0.15) is 17.9 Å². The highest BCUT2D eigenvalue weighted by Gasteiger charge is 2.43. The van der Waals surface area contributed by atoms with Crippen LogP contribution in [-0.2, 0) is 19.7 Å². The van der Waals surface area contributed by atoms with Gasteiger partial charge in [-0.15, -0.1) is 0 Å². The molecule has 2 aliphatic rings. The van der Waals surface area contributed by atoms with Crippen molar-refractivity contribution >= 4 is 28.6 Å². The molecular weight excluding hydrogens is 564 g/mol. The number of hydrogen-bond acceptors (Lipinski definition) is 6. The molecule has 1 atom stereocenters. The fourth-order valence-electron chi connectivity index (χ4n) is 5.74. The second-order valence-corrected chi connectivity index (χ2v) is 11.7. The largest absolute Gasteiger partial charge is 0.484 e. The Labute approximate surface area is 246 Å². The first-order chi connectivity index (χ1) is 20.2. The maximum absolute atomic E-state index is 15.0. The normalized spacial score (nSPS) is 17.8. The fraction of sp³-hybridized carbons (Fsp3) is 0.355. The number of ether oxygens (including phenoxy) is 1. The molecule has 2 aromatic heterocycles. The number of carboxylic acid groups (broad SMARTS) is 1. The number of rotatable bonds is 10. The van der Waals surface area contributed by atoms with Gasteiger partial charge in [0.05, 0.1) is 29.4 Å². The fourth-order valence-corrected chi connectivity index (χ4v) is 5.90. The average molecular weight is 592 g/mol. The summed E-state index contributed by atoms with van der Waals surface area (Å²) in [7, 11) is 0. The van der Waals surface area contributed by atoms with Crippen LogP contribution in [0, 0.1) is 28.4 Å². The highest BCUT2D eigenvalue weighted by molar-refractivity contribution is 6.30. The number of halogens is 3. The molecule has 1 saturated carbocycles. The molecule has 0 unspecified atom stereocenters. The molecule has 42 heavy (non-hydrogen) atoms. The minimum Gasteiger partial charge on any atom is -0.484 e. The van der Waals surface area contributed by atoms with Crippen LogP contribution in [0.5, 0.6) is 5.75 Å². The van der Waals surface area contributed by atoms with Crippen LogP contribution in [-0.4, -0.2) is 43.6 Å². The summed E-state index contributed by atoms with van der Waals surface area (Å²) in [6.45, 7) is 2.61. The molecular formula is C31H28ClF2N5O3. The van der Waals surface area contributed by atoms with E-state index in [0.717, 1.165) is 44.0 Å². The van der Waals surface area contributed by atoms with E-state index >= 15 is 0 Å². The predicted molar refractivity (Wildman–Crippen MR) is 151 cm³/mol. The predicted octanol–water partition coefficient (Wildman–Crippen LogP) is 6.32. The third-order valence-electron chi connectivity index (χ3n) is 8.26. The molecule has 1 aliphatic carbocycles. The first-order valence-corrected chi connectivity index (χ1v) is 14.2. The van der Waals surface area contributed by atoms with Crippen molar-refractivity contribution in [3.05, 3.63) is 88.0 Å². The summed E-state index contributed by atoms with van der Waals surface area (Å²) in [5, 5.41) is 19.2. The van der Waals surface area contributed by atoms with Crippen LogP contribution < -0.4 is 4.74 Å². The van der Waals surface area contributed by atoms with Gasteiger partial charge in [0.15, 0.2) is 17.4 Å². The topological polar surface area (TPSA) is 104 Å². The molecule has 6 rings (SSSR count). The number of aromatic carboxylic acids is 1.